The molecule has 33 heavy (non-hydrogen) atoms. The first kappa shape index (κ1) is 21.2. The maximum atomic E-state index is 15.1. The van der Waals surface area contributed by atoms with Gasteiger partial charge in [0.1, 0.15) is 17.3 Å². The minimum absolute atomic E-state index is 0.0403. The van der Waals surface area contributed by atoms with Crippen LogP contribution in [0.4, 0.5) is 18.9 Å². The Morgan fingerprint density at radius 3 is 2.45 bits per heavy atom. The minimum Gasteiger partial charge on any atom is -0.345 e. The maximum Gasteiger partial charge on any atom is 0.235 e. The van der Waals surface area contributed by atoms with E-state index >= 15 is 4.39 Å². The third-order valence-corrected chi connectivity index (χ3v) is 7.34. The van der Waals surface area contributed by atoms with Gasteiger partial charge in [-0.25, -0.2) is 26.6 Å². The summed E-state index contributed by atoms with van der Waals surface area (Å²) in [7, 11) is -3.81. The molecule has 0 spiro atoms. The Kier molecular flexibility index (Phi) is 4.97. The highest BCUT2D eigenvalue weighted by Gasteiger charge is 2.36. The number of aromatic amines is 1. The van der Waals surface area contributed by atoms with Gasteiger partial charge in [-0.3, -0.25) is 9.52 Å². The lowest BCUT2D eigenvalue weighted by Gasteiger charge is -2.11. The van der Waals surface area contributed by atoms with Crippen LogP contribution in [-0.4, -0.2) is 29.4 Å². The number of benzene rings is 2. The van der Waals surface area contributed by atoms with Gasteiger partial charge in [-0.1, -0.05) is 12.1 Å². The van der Waals surface area contributed by atoms with Crippen LogP contribution in [0.15, 0.2) is 54.9 Å². The number of aromatic nitrogens is 2. The van der Waals surface area contributed by atoms with Crippen LogP contribution in [0.25, 0.3) is 22.2 Å². The van der Waals surface area contributed by atoms with Crippen molar-refractivity contribution < 1.29 is 26.4 Å². The zero-order valence-corrected chi connectivity index (χ0v) is 17.7. The third kappa shape index (κ3) is 3.86. The topological polar surface area (TPSA) is 91.9 Å². The molecule has 2 N–H and O–H groups in total. The molecule has 5 rings (SSSR count). The number of hydrogen-bond acceptors (Lipinski definition) is 4. The predicted octanol–water partition coefficient (Wildman–Crippen LogP) is 4.78. The van der Waals surface area contributed by atoms with E-state index in [0.29, 0.717) is 35.0 Å². The zero-order chi connectivity index (χ0) is 23.3. The SMILES string of the molecule is O=C(c1c(F)ccc(NS(=O)(=O)C2CC2)c1F)c1c[nH]c2ncc(-c3ccc(F)cc3)cc12. The van der Waals surface area contributed by atoms with E-state index in [0.717, 1.165) is 12.1 Å². The predicted molar refractivity (Wildman–Crippen MR) is 117 cm³/mol. The summed E-state index contributed by atoms with van der Waals surface area (Å²) < 4.78 is 69.4. The Balaban J connectivity index is 1.56. The summed E-state index contributed by atoms with van der Waals surface area (Å²) in [5.41, 5.74) is 0.120. The van der Waals surface area contributed by atoms with E-state index in [2.05, 4.69) is 14.7 Å². The number of fused-ring (bicyclic) bond motifs is 1. The molecule has 10 heteroatoms. The van der Waals surface area contributed by atoms with E-state index in [1.807, 2.05) is 0 Å². The molecule has 6 nitrogen and oxygen atoms in total. The van der Waals surface area contributed by atoms with Gasteiger partial charge in [-0.2, -0.15) is 0 Å². The molecule has 0 amide bonds. The number of carbonyl (C=O) groups is 1. The second kappa shape index (κ2) is 7.73. The van der Waals surface area contributed by atoms with Gasteiger partial charge in [0.2, 0.25) is 15.8 Å². The Morgan fingerprint density at radius 1 is 1.03 bits per heavy atom. The quantitative estimate of drug-likeness (QED) is 0.396. The first-order valence-corrected chi connectivity index (χ1v) is 11.6. The number of sulfonamides is 1. The van der Waals surface area contributed by atoms with Gasteiger partial charge >= 0.3 is 0 Å². The van der Waals surface area contributed by atoms with Crippen molar-refractivity contribution in [1.29, 1.82) is 0 Å². The van der Waals surface area contributed by atoms with Gasteiger partial charge in [0.15, 0.2) is 5.82 Å². The van der Waals surface area contributed by atoms with Crippen LogP contribution in [0.5, 0.6) is 0 Å². The summed E-state index contributed by atoms with van der Waals surface area (Å²) in [6.45, 7) is 0. The molecule has 0 unspecified atom stereocenters. The van der Waals surface area contributed by atoms with Crippen LogP contribution in [0.3, 0.4) is 0 Å². The number of nitrogens with one attached hydrogen (secondary N) is 2. The smallest absolute Gasteiger partial charge is 0.235 e. The van der Waals surface area contributed by atoms with Crippen molar-refractivity contribution in [3.05, 3.63) is 83.4 Å². The number of hydrogen-bond donors (Lipinski definition) is 2. The number of rotatable bonds is 6. The highest BCUT2D eigenvalue weighted by molar-refractivity contribution is 7.93. The molecule has 0 aliphatic heterocycles. The highest BCUT2D eigenvalue weighted by atomic mass is 32.2. The fourth-order valence-corrected chi connectivity index (χ4v) is 4.97. The molecule has 4 aromatic rings. The lowest BCUT2D eigenvalue weighted by atomic mass is 10.00. The Labute approximate surface area is 186 Å². The molecule has 0 bridgehead atoms. The van der Waals surface area contributed by atoms with Crippen LogP contribution >= 0.6 is 0 Å². The monoisotopic (exact) mass is 471 g/mol. The van der Waals surface area contributed by atoms with E-state index < -0.39 is 49.8 Å². The van der Waals surface area contributed by atoms with Crippen molar-refractivity contribution in [1.82, 2.24) is 9.97 Å². The Morgan fingerprint density at radius 2 is 1.76 bits per heavy atom. The molecule has 2 aromatic carbocycles. The van der Waals surface area contributed by atoms with E-state index in [9.17, 15) is 22.0 Å². The van der Waals surface area contributed by atoms with Crippen molar-refractivity contribution in [2.75, 3.05) is 4.72 Å². The van der Waals surface area contributed by atoms with Gasteiger partial charge in [0.05, 0.1) is 16.5 Å². The summed E-state index contributed by atoms with van der Waals surface area (Å²) in [5, 5.41) is -0.310. The molecule has 0 atom stereocenters. The van der Waals surface area contributed by atoms with Crippen LogP contribution < -0.4 is 4.72 Å². The van der Waals surface area contributed by atoms with Gasteiger partial charge in [0.25, 0.3) is 0 Å². The van der Waals surface area contributed by atoms with Crippen LogP contribution in [-0.2, 0) is 10.0 Å². The lowest BCUT2D eigenvalue weighted by molar-refractivity contribution is 0.103. The molecule has 0 saturated heterocycles. The highest BCUT2D eigenvalue weighted by Crippen LogP contribution is 2.33. The molecule has 1 fully saturated rings. The Hall–Kier alpha value is -3.66. The minimum atomic E-state index is -3.81. The summed E-state index contributed by atoms with van der Waals surface area (Å²) in [4.78, 5) is 20.2. The first-order chi connectivity index (χ1) is 15.7. The number of ketones is 1. The summed E-state index contributed by atoms with van der Waals surface area (Å²) >= 11 is 0. The number of anilines is 1. The normalized spacial score (nSPS) is 13.9. The number of nitrogens with zero attached hydrogens (tertiary/aromatic N) is 1. The summed E-state index contributed by atoms with van der Waals surface area (Å²) in [6, 6.07) is 9.04. The fourth-order valence-electron chi connectivity index (χ4n) is 3.58. The van der Waals surface area contributed by atoms with Crippen LogP contribution in [0.2, 0.25) is 0 Å². The molecular weight excluding hydrogens is 455 g/mol. The van der Waals surface area contributed by atoms with Gasteiger partial charge < -0.3 is 4.98 Å². The average Bonchev–Trinajstić information content (AvgIpc) is 3.57. The second-order valence-electron chi connectivity index (χ2n) is 7.79. The van der Waals surface area contributed by atoms with E-state index in [-0.39, 0.29) is 5.56 Å². The molecule has 0 radical (unpaired) electrons. The van der Waals surface area contributed by atoms with Crippen molar-refractivity contribution in [2.45, 2.75) is 18.1 Å². The summed E-state index contributed by atoms with van der Waals surface area (Å²) in [6.07, 6.45) is 3.73. The first-order valence-electron chi connectivity index (χ1n) is 10.0. The number of pyridine rings is 1. The van der Waals surface area contributed by atoms with Crippen molar-refractivity contribution in [2.24, 2.45) is 0 Å². The second-order valence-corrected chi connectivity index (χ2v) is 9.75. The molecule has 1 aliphatic carbocycles. The Bertz CT molecular complexity index is 1510. The molecule has 1 saturated carbocycles. The van der Waals surface area contributed by atoms with E-state index in [4.69, 9.17) is 0 Å². The van der Waals surface area contributed by atoms with Crippen molar-refractivity contribution >= 4 is 32.5 Å². The molecule has 1 aliphatic rings. The molecule has 2 aromatic heterocycles. The lowest BCUT2D eigenvalue weighted by Crippen LogP contribution is -2.19. The van der Waals surface area contributed by atoms with Gasteiger partial charge in [0, 0.05) is 28.9 Å². The number of halogens is 3. The van der Waals surface area contributed by atoms with E-state index in [1.54, 1.807) is 18.2 Å². The molecule has 2 heterocycles. The zero-order valence-electron chi connectivity index (χ0n) is 16.9. The standard InChI is InChI=1S/C23H16F3N3O3S/c24-14-3-1-12(2-4-14)13-9-16-17(11-28-23(16)27-10-13)22(30)20-18(25)7-8-19(21(20)26)29-33(31,32)15-5-6-15/h1-4,7-11,15,29H,5-6H2,(H,27,28). The van der Waals surface area contributed by atoms with Crippen LogP contribution in [0, 0.1) is 17.5 Å². The number of carbonyl (C=O) groups excluding carboxylic acids is 1. The van der Waals surface area contributed by atoms with Gasteiger partial charge in [-0.15, -0.1) is 0 Å². The maximum absolute atomic E-state index is 15.1. The van der Waals surface area contributed by atoms with E-state index in [1.165, 1.54) is 24.5 Å². The molecular formula is C23H16F3N3O3S. The van der Waals surface area contributed by atoms with Crippen LogP contribution in [0.1, 0.15) is 28.8 Å². The molecule has 168 valence electrons. The third-order valence-electron chi connectivity index (χ3n) is 5.49. The van der Waals surface area contributed by atoms with Crippen molar-refractivity contribution in [3.63, 3.8) is 0 Å². The van der Waals surface area contributed by atoms with Crippen molar-refractivity contribution in [3.8, 4) is 11.1 Å². The fraction of sp³-hybridized carbons (Fsp3) is 0.130. The largest absolute Gasteiger partial charge is 0.345 e. The number of H-pyrrole nitrogens is 1. The van der Waals surface area contributed by atoms with Gasteiger partial charge in [-0.05, 0) is 48.7 Å². The average molecular weight is 471 g/mol. The summed E-state index contributed by atoms with van der Waals surface area (Å²) in [5.74, 6) is -3.79.